The highest BCUT2D eigenvalue weighted by atomic mass is 32.2. The van der Waals surface area contributed by atoms with Crippen molar-refractivity contribution in [2.45, 2.75) is 47.2 Å². The number of benzene rings is 2. The molecule has 0 aliphatic carbocycles. The Hall–Kier alpha value is -2.74. The normalized spacial score (nSPS) is 12.2. The number of sulfonamides is 1. The molecule has 2 rings (SSSR count). The predicted octanol–water partition coefficient (Wildman–Crippen LogP) is 3.57. The molecule has 1 amide bonds. The first-order chi connectivity index (χ1) is 14.6. The smallest absolute Gasteiger partial charge is 0.243 e. The van der Waals surface area contributed by atoms with Crippen LogP contribution in [0.4, 0.5) is 5.69 Å². The van der Waals surface area contributed by atoms with Gasteiger partial charge in [0.1, 0.15) is 6.04 Å². The molecule has 0 bridgehead atoms. The predicted molar refractivity (Wildman–Crippen MR) is 123 cm³/mol. The molecule has 0 spiro atoms. The number of nitrogens with one attached hydrogen (secondary N) is 1. The van der Waals surface area contributed by atoms with Crippen molar-refractivity contribution in [3.05, 3.63) is 53.1 Å². The Bertz CT molecular complexity index is 1020. The Morgan fingerprint density at radius 2 is 1.68 bits per heavy atom. The van der Waals surface area contributed by atoms with Gasteiger partial charge in [-0.3, -0.25) is 9.10 Å². The molecule has 170 valence electrons. The molecule has 0 radical (unpaired) electrons. The summed E-state index contributed by atoms with van der Waals surface area (Å²) < 4.78 is 37.5. The third-order valence-corrected chi connectivity index (χ3v) is 5.99. The molecule has 0 aliphatic heterocycles. The number of anilines is 1. The molecule has 0 aromatic heterocycles. The zero-order chi connectivity index (χ0) is 23.2. The number of hydrogen-bond donors (Lipinski definition) is 1. The lowest BCUT2D eigenvalue weighted by Gasteiger charge is -2.29. The summed E-state index contributed by atoms with van der Waals surface area (Å²) in [6.45, 7) is 10.3. The molecule has 0 aliphatic rings. The van der Waals surface area contributed by atoms with E-state index in [0.717, 1.165) is 22.9 Å². The molecule has 2 aromatic carbocycles. The lowest BCUT2D eigenvalue weighted by molar-refractivity contribution is -0.122. The summed E-state index contributed by atoms with van der Waals surface area (Å²) in [7, 11) is -3.67. The Balaban J connectivity index is 2.21. The van der Waals surface area contributed by atoms with Crippen LogP contribution in [0.3, 0.4) is 0 Å². The lowest BCUT2D eigenvalue weighted by atomic mass is 10.1. The molecule has 7 nitrogen and oxygen atoms in total. The van der Waals surface area contributed by atoms with Gasteiger partial charge in [0.15, 0.2) is 11.5 Å². The minimum absolute atomic E-state index is 0.236. The van der Waals surface area contributed by atoms with Crippen LogP contribution < -0.4 is 19.1 Å². The van der Waals surface area contributed by atoms with Gasteiger partial charge < -0.3 is 14.8 Å². The standard InChI is InChI=1S/C23H32N2O5S/c1-7-29-21-12-11-19(14-22(21)30-8-2)15-24-23(26)18(5)25(31(6,27)28)20-13-16(3)9-10-17(20)4/h9-14,18H,7-8,15H2,1-6H3,(H,24,26)/t18-/m1/s1. The Morgan fingerprint density at radius 1 is 1.03 bits per heavy atom. The highest BCUT2D eigenvalue weighted by Crippen LogP contribution is 2.29. The van der Waals surface area contributed by atoms with Crippen molar-refractivity contribution in [3.63, 3.8) is 0 Å². The Kier molecular flexibility index (Phi) is 8.33. The maximum Gasteiger partial charge on any atom is 0.243 e. The largest absolute Gasteiger partial charge is 0.490 e. The summed E-state index contributed by atoms with van der Waals surface area (Å²) in [5.41, 5.74) is 3.03. The molecule has 0 fully saturated rings. The number of carbonyl (C=O) groups is 1. The fraction of sp³-hybridized carbons (Fsp3) is 0.435. The van der Waals surface area contributed by atoms with Crippen molar-refractivity contribution in [2.75, 3.05) is 23.8 Å². The van der Waals surface area contributed by atoms with Crippen LogP contribution in [-0.4, -0.2) is 39.8 Å². The van der Waals surface area contributed by atoms with Gasteiger partial charge in [-0.15, -0.1) is 0 Å². The third-order valence-electron chi connectivity index (χ3n) is 4.77. The van der Waals surface area contributed by atoms with E-state index < -0.39 is 22.0 Å². The van der Waals surface area contributed by atoms with Crippen LogP contribution in [-0.2, 0) is 21.4 Å². The maximum atomic E-state index is 12.9. The van der Waals surface area contributed by atoms with E-state index in [2.05, 4.69) is 5.32 Å². The second-order valence-electron chi connectivity index (χ2n) is 7.39. The van der Waals surface area contributed by atoms with Crippen molar-refractivity contribution in [1.29, 1.82) is 0 Å². The van der Waals surface area contributed by atoms with Gasteiger partial charge in [-0.2, -0.15) is 0 Å². The molecular weight excluding hydrogens is 416 g/mol. The van der Waals surface area contributed by atoms with E-state index in [1.165, 1.54) is 4.31 Å². The number of amides is 1. The van der Waals surface area contributed by atoms with Gasteiger partial charge in [0.25, 0.3) is 0 Å². The molecule has 8 heteroatoms. The van der Waals surface area contributed by atoms with Crippen molar-refractivity contribution >= 4 is 21.6 Å². The van der Waals surface area contributed by atoms with E-state index in [-0.39, 0.29) is 6.54 Å². The number of ether oxygens (including phenoxy) is 2. The van der Waals surface area contributed by atoms with Crippen molar-refractivity contribution in [3.8, 4) is 11.5 Å². The van der Waals surface area contributed by atoms with Gasteiger partial charge in [0.2, 0.25) is 15.9 Å². The molecule has 31 heavy (non-hydrogen) atoms. The summed E-state index contributed by atoms with van der Waals surface area (Å²) in [4.78, 5) is 12.9. The van der Waals surface area contributed by atoms with Gasteiger partial charge in [0, 0.05) is 6.54 Å². The third kappa shape index (κ3) is 6.37. The molecule has 0 unspecified atom stereocenters. The number of hydrogen-bond acceptors (Lipinski definition) is 5. The minimum atomic E-state index is -3.67. The number of nitrogens with zero attached hydrogens (tertiary/aromatic N) is 1. The minimum Gasteiger partial charge on any atom is -0.490 e. The first kappa shape index (κ1) is 24.5. The van der Waals surface area contributed by atoms with Gasteiger partial charge in [-0.1, -0.05) is 18.2 Å². The van der Waals surface area contributed by atoms with Crippen LogP contribution in [0.2, 0.25) is 0 Å². The van der Waals surface area contributed by atoms with E-state index in [0.29, 0.717) is 30.4 Å². The summed E-state index contributed by atoms with van der Waals surface area (Å²) in [5, 5.41) is 2.83. The summed E-state index contributed by atoms with van der Waals surface area (Å²) in [5.74, 6) is 0.862. The lowest BCUT2D eigenvalue weighted by Crippen LogP contribution is -2.48. The van der Waals surface area contributed by atoms with E-state index in [4.69, 9.17) is 9.47 Å². The zero-order valence-electron chi connectivity index (χ0n) is 19.1. The molecule has 1 N–H and O–H groups in total. The zero-order valence-corrected chi connectivity index (χ0v) is 19.9. The monoisotopic (exact) mass is 448 g/mol. The van der Waals surface area contributed by atoms with Gasteiger partial charge >= 0.3 is 0 Å². The van der Waals surface area contributed by atoms with E-state index in [1.807, 2.05) is 52.0 Å². The molecule has 0 saturated carbocycles. The molecular formula is C23H32N2O5S. The van der Waals surface area contributed by atoms with E-state index in [9.17, 15) is 13.2 Å². The fourth-order valence-electron chi connectivity index (χ4n) is 3.28. The van der Waals surface area contributed by atoms with Crippen LogP contribution in [0.1, 0.15) is 37.5 Å². The SMILES string of the molecule is CCOc1ccc(CNC(=O)[C@@H](C)N(c2cc(C)ccc2C)S(C)(=O)=O)cc1OCC. The van der Waals surface area contributed by atoms with Crippen molar-refractivity contribution < 1.29 is 22.7 Å². The van der Waals surface area contributed by atoms with Crippen LogP contribution in [0.5, 0.6) is 11.5 Å². The van der Waals surface area contributed by atoms with Crippen LogP contribution in [0, 0.1) is 13.8 Å². The van der Waals surface area contributed by atoms with Crippen LogP contribution in [0.25, 0.3) is 0 Å². The summed E-state index contributed by atoms with van der Waals surface area (Å²) in [6, 6.07) is 10.1. The fourth-order valence-corrected chi connectivity index (χ4v) is 4.50. The molecule has 0 saturated heterocycles. The van der Waals surface area contributed by atoms with Crippen molar-refractivity contribution in [1.82, 2.24) is 5.32 Å². The van der Waals surface area contributed by atoms with Crippen LogP contribution >= 0.6 is 0 Å². The highest BCUT2D eigenvalue weighted by molar-refractivity contribution is 7.92. The number of carbonyl (C=O) groups excluding carboxylic acids is 1. The van der Waals surface area contributed by atoms with E-state index >= 15 is 0 Å². The van der Waals surface area contributed by atoms with Gasteiger partial charge in [-0.25, -0.2) is 8.42 Å². The molecule has 0 heterocycles. The average Bonchev–Trinajstić information content (AvgIpc) is 2.70. The topological polar surface area (TPSA) is 84.9 Å². The first-order valence-corrected chi connectivity index (χ1v) is 12.2. The van der Waals surface area contributed by atoms with Gasteiger partial charge in [0.05, 0.1) is 25.2 Å². The Morgan fingerprint density at radius 3 is 2.29 bits per heavy atom. The Labute approximate surface area is 185 Å². The van der Waals surface area contributed by atoms with Gasteiger partial charge in [-0.05, 0) is 69.5 Å². The second kappa shape index (κ2) is 10.5. The average molecular weight is 449 g/mol. The number of rotatable bonds is 10. The van der Waals surface area contributed by atoms with Crippen LogP contribution in [0.15, 0.2) is 36.4 Å². The molecule has 2 aromatic rings. The first-order valence-electron chi connectivity index (χ1n) is 10.3. The molecule has 1 atom stereocenters. The second-order valence-corrected chi connectivity index (χ2v) is 9.25. The van der Waals surface area contributed by atoms with Crippen molar-refractivity contribution in [2.24, 2.45) is 0 Å². The van der Waals surface area contributed by atoms with E-state index in [1.54, 1.807) is 19.1 Å². The summed E-state index contributed by atoms with van der Waals surface area (Å²) >= 11 is 0. The maximum absolute atomic E-state index is 12.9. The number of aryl methyl sites for hydroxylation is 2. The highest BCUT2D eigenvalue weighted by Gasteiger charge is 2.30. The summed E-state index contributed by atoms with van der Waals surface area (Å²) in [6.07, 6.45) is 1.11. The quantitative estimate of drug-likeness (QED) is 0.601.